The van der Waals surface area contributed by atoms with Gasteiger partial charge in [-0.3, -0.25) is 4.90 Å². The molecule has 2 aromatic carbocycles. The summed E-state index contributed by atoms with van der Waals surface area (Å²) in [5.41, 5.74) is 0.248. The Kier molecular flexibility index (Phi) is 6.38. The summed E-state index contributed by atoms with van der Waals surface area (Å²) in [6.45, 7) is 7.63. The number of aryl methyl sites for hydroxylation is 1. The SMILES string of the molecule is CCN(C(=O)n1nnn(-c2c(F)cccc2OC)c1=O)c1cc(C)ccc1OC(C)C. The van der Waals surface area contributed by atoms with Crippen molar-refractivity contribution in [3.63, 3.8) is 0 Å². The Bertz CT molecular complexity index is 1150. The smallest absolute Gasteiger partial charge is 0.377 e. The molecule has 1 amide bonds. The summed E-state index contributed by atoms with van der Waals surface area (Å²) in [6.07, 6.45) is -0.118. The highest BCUT2D eigenvalue weighted by Crippen LogP contribution is 2.31. The molecule has 3 aromatic rings. The van der Waals surface area contributed by atoms with Gasteiger partial charge in [-0.15, -0.1) is 4.68 Å². The molecule has 0 N–H and O–H groups in total. The van der Waals surface area contributed by atoms with Crippen LogP contribution in [-0.4, -0.2) is 45.6 Å². The van der Waals surface area contributed by atoms with Gasteiger partial charge in [0, 0.05) is 6.54 Å². The van der Waals surface area contributed by atoms with Gasteiger partial charge in [-0.2, -0.15) is 4.68 Å². The largest absolute Gasteiger partial charge is 0.494 e. The molecule has 1 heterocycles. The average molecular weight is 429 g/mol. The van der Waals surface area contributed by atoms with Gasteiger partial charge >= 0.3 is 11.7 Å². The van der Waals surface area contributed by atoms with Gasteiger partial charge in [0.15, 0.2) is 5.82 Å². The van der Waals surface area contributed by atoms with Gasteiger partial charge < -0.3 is 9.47 Å². The highest BCUT2D eigenvalue weighted by Gasteiger charge is 2.26. The predicted molar refractivity (Wildman–Crippen MR) is 113 cm³/mol. The summed E-state index contributed by atoms with van der Waals surface area (Å²) < 4.78 is 26.6. The number of para-hydroxylation sites is 1. The molecule has 10 heteroatoms. The molecule has 3 rings (SSSR count). The molecule has 0 saturated carbocycles. The van der Waals surface area contributed by atoms with E-state index in [1.165, 1.54) is 24.1 Å². The topological polar surface area (TPSA) is 91.5 Å². The Morgan fingerprint density at radius 3 is 2.58 bits per heavy atom. The Hall–Kier alpha value is -3.69. The van der Waals surface area contributed by atoms with E-state index < -0.39 is 17.5 Å². The molecular formula is C21H24FN5O4. The Balaban J connectivity index is 2.07. The minimum atomic E-state index is -0.925. The Morgan fingerprint density at radius 1 is 1.19 bits per heavy atom. The average Bonchev–Trinajstić information content (AvgIpc) is 3.10. The summed E-state index contributed by atoms with van der Waals surface area (Å²) in [6, 6.07) is 8.75. The maximum atomic E-state index is 14.4. The number of tetrazole rings is 1. The molecule has 0 aliphatic heterocycles. The quantitative estimate of drug-likeness (QED) is 0.559. The second-order valence-corrected chi connectivity index (χ2v) is 7.04. The molecule has 0 spiro atoms. The first-order chi connectivity index (χ1) is 14.8. The number of amides is 1. The zero-order valence-electron chi connectivity index (χ0n) is 18.0. The molecule has 0 aliphatic rings. The number of halogens is 1. The third kappa shape index (κ3) is 4.27. The van der Waals surface area contributed by atoms with Crippen LogP contribution in [0.1, 0.15) is 26.3 Å². The number of ether oxygens (including phenoxy) is 2. The van der Waals surface area contributed by atoms with Crippen LogP contribution in [-0.2, 0) is 0 Å². The lowest BCUT2D eigenvalue weighted by molar-refractivity contribution is 0.237. The number of benzene rings is 2. The maximum absolute atomic E-state index is 14.4. The van der Waals surface area contributed by atoms with Gasteiger partial charge in [0.25, 0.3) is 0 Å². The zero-order chi connectivity index (χ0) is 22.7. The molecule has 31 heavy (non-hydrogen) atoms. The van der Waals surface area contributed by atoms with Crippen LogP contribution >= 0.6 is 0 Å². The summed E-state index contributed by atoms with van der Waals surface area (Å²) in [4.78, 5) is 27.5. The number of nitrogens with zero attached hydrogens (tertiary/aromatic N) is 5. The van der Waals surface area contributed by atoms with Crippen LogP contribution in [0.25, 0.3) is 5.69 Å². The van der Waals surface area contributed by atoms with Crippen LogP contribution in [0.2, 0.25) is 0 Å². The Morgan fingerprint density at radius 2 is 1.94 bits per heavy atom. The summed E-state index contributed by atoms with van der Waals surface area (Å²) >= 11 is 0. The van der Waals surface area contributed by atoms with Gasteiger partial charge in [-0.1, -0.05) is 12.1 Å². The van der Waals surface area contributed by atoms with E-state index in [0.29, 0.717) is 20.8 Å². The second kappa shape index (κ2) is 8.99. The molecule has 0 aliphatic carbocycles. The lowest BCUT2D eigenvalue weighted by atomic mass is 10.2. The van der Waals surface area contributed by atoms with Gasteiger partial charge in [-0.05, 0) is 68.0 Å². The fourth-order valence-electron chi connectivity index (χ4n) is 3.09. The van der Waals surface area contributed by atoms with Crippen LogP contribution in [0.4, 0.5) is 14.9 Å². The van der Waals surface area contributed by atoms with Crippen molar-refractivity contribution in [1.29, 1.82) is 0 Å². The Labute approximate surface area is 178 Å². The number of hydrogen-bond donors (Lipinski definition) is 0. The maximum Gasteiger partial charge on any atom is 0.377 e. The number of anilines is 1. The van der Waals surface area contributed by atoms with E-state index in [9.17, 15) is 14.0 Å². The van der Waals surface area contributed by atoms with Crippen molar-refractivity contribution in [2.45, 2.75) is 33.8 Å². The van der Waals surface area contributed by atoms with Gasteiger partial charge in [0.2, 0.25) is 0 Å². The number of aromatic nitrogens is 4. The van der Waals surface area contributed by atoms with E-state index in [1.54, 1.807) is 19.1 Å². The van der Waals surface area contributed by atoms with E-state index in [2.05, 4.69) is 10.4 Å². The lowest BCUT2D eigenvalue weighted by Gasteiger charge is -2.24. The number of carbonyl (C=O) groups excluding carboxylic acids is 1. The second-order valence-electron chi connectivity index (χ2n) is 7.04. The fourth-order valence-corrected chi connectivity index (χ4v) is 3.09. The number of hydrogen-bond acceptors (Lipinski definition) is 6. The molecule has 0 atom stereocenters. The van der Waals surface area contributed by atoms with Crippen molar-refractivity contribution in [3.05, 3.63) is 58.3 Å². The third-order valence-electron chi connectivity index (χ3n) is 4.46. The van der Waals surface area contributed by atoms with Gasteiger partial charge in [0.1, 0.15) is 17.2 Å². The standard InChI is InChI=1S/C21H24FN5O4/c1-6-25(16-12-14(4)10-11-17(16)31-13(2)3)20(28)27-21(29)26(23-24-27)19-15(22)8-7-9-18(19)30-5/h7-13H,6H2,1-5H3. The van der Waals surface area contributed by atoms with Crippen molar-refractivity contribution in [2.75, 3.05) is 18.6 Å². The van der Waals surface area contributed by atoms with Crippen LogP contribution in [0.5, 0.6) is 11.5 Å². The van der Waals surface area contributed by atoms with Crippen molar-refractivity contribution in [1.82, 2.24) is 19.8 Å². The molecule has 0 bridgehead atoms. The van der Waals surface area contributed by atoms with Crippen LogP contribution < -0.4 is 20.1 Å². The predicted octanol–water partition coefficient (Wildman–Crippen LogP) is 3.17. The molecule has 9 nitrogen and oxygen atoms in total. The minimum Gasteiger partial charge on any atom is -0.494 e. The van der Waals surface area contributed by atoms with Crippen molar-refractivity contribution in [2.24, 2.45) is 0 Å². The van der Waals surface area contributed by atoms with Crippen LogP contribution in [0, 0.1) is 12.7 Å². The van der Waals surface area contributed by atoms with E-state index >= 15 is 0 Å². The summed E-state index contributed by atoms with van der Waals surface area (Å²) in [5, 5.41) is 7.37. The third-order valence-corrected chi connectivity index (χ3v) is 4.46. The molecule has 0 radical (unpaired) electrons. The monoisotopic (exact) mass is 429 g/mol. The van der Waals surface area contributed by atoms with E-state index in [4.69, 9.17) is 9.47 Å². The minimum absolute atomic E-state index is 0.0836. The van der Waals surface area contributed by atoms with Crippen molar-refractivity contribution < 1.29 is 18.7 Å². The summed E-state index contributed by atoms with van der Waals surface area (Å²) in [5.74, 6) is -0.160. The molecule has 1 aromatic heterocycles. The van der Waals surface area contributed by atoms with Crippen molar-refractivity contribution in [3.8, 4) is 17.2 Å². The first-order valence-corrected chi connectivity index (χ1v) is 9.75. The van der Waals surface area contributed by atoms with Crippen LogP contribution in [0.15, 0.2) is 41.2 Å². The molecular weight excluding hydrogens is 405 g/mol. The fraction of sp³-hybridized carbons (Fsp3) is 0.333. The zero-order valence-corrected chi connectivity index (χ0v) is 18.0. The van der Waals surface area contributed by atoms with Crippen molar-refractivity contribution >= 4 is 11.7 Å². The molecule has 164 valence electrons. The highest BCUT2D eigenvalue weighted by molar-refractivity contribution is 5.94. The van der Waals surface area contributed by atoms with E-state index in [-0.39, 0.29) is 24.1 Å². The highest BCUT2D eigenvalue weighted by atomic mass is 19.1. The lowest BCUT2D eigenvalue weighted by Crippen LogP contribution is -2.41. The first kappa shape index (κ1) is 22.0. The molecule has 0 unspecified atom stereocenters. The van der Waals surface area contributed by atoms with Gasteiger partial charge in [0.05, 0.1) is 18.9 Å². The summed E-state index contributed by atoms with van der Waals surface area (Å²) in [7, 11) is 1.34. The van der Waals surface area contributed by atoms with Gasteiger partial charge in [-0.25, -0.2) is 14.0 Å². The van der Waals surface area contributed by atoms with E-state index in [1.807, 2.05) is 26.8 Å². The van der Waals surface area contributed by atoms with Crippen LogP contribution in [0.3, 0.4) is 0 Å². The first-order valence-electron chi connectivity index (χ1n) is 9.75. The molecule has 0 saturated heterocycles. The number of rotatable bonds is 6. The van der Waals surface area contributed by atoms with E-state index in [0.717, 1.165) is 11.6 Å². The number of carbonyl (C=O) groups is 1. The molecule has 0 fully saturated rings. The normalized spacial score (nSPS) is 10.9. The number of methoxy groups -OCH3 is 1.